The molecule has 0 bridgehead atoms. The summed E-state index contributed by atoms with van der Waals surface area (Å²) < 4.78 is 43.5. The smallest absolute Gasteiger partial charge is 0.414 e. The van der Waals surface area contributed by atoms with Crippen molar-refractivity contribution in [1.29, 1.82) is 0 Å². The molecule has 1 fully saturated rings. The lowest BCUT2D eigenvalue weighted by Crippen LogP contribution is -2.44. The Bertz CT molecular complexity index is 1010. The number of aromatic nitrogens is 2. The largest absolute Gasteiger partial charge is 0.475 e. The first-order valence-corrected chi connectivity index (χ1v) is 15.5. The monoisotopic (exact) mass is 516 g/mol. The highest BCUT2D eigenvalue weighted by Crippen LogP contribution is 2.53. The van der Waals surface area contributed by atoms with Crippen molar-refractivity contribution in [1.82, 2.24) is 9.55 Å². The zero-order valence-electron chi connectivity index (χ0n) is 20.9. The molecule has 0 amide bonds. The lowest BCUT2D eigenvalue weighted by atomic mass is 10.2. The quantitative estimate of drug-likeness (QED) is 0.251. The summed E-state index contributed by atoms with van der Waals surface area (Å²) in [5.41, 5.74) is -0.722. The Labute approximate surface area is 201 Å². The van der Waals surface area contributed by atoms with E-state index >= 15 is 0 Å². The van der Waals surface area contributed by atoms with Crippen molar-refractivity contribution < 1.29 is 27.3 Å². The van der Waals surface area contributed by atoms with Gasteiger partial charge in [0, 0.05) is 18.2 Å². The molecule has 2 heterocycles. The summed E-state index contributed by atoms with van der Waals surface area (Å²) in [5, 5.41) is -0.0379. The second kappa shape index (κ2) is 11.4. The van der Waals surface area contributed by atoms with E-state index < -0.39 is 45.8 Å². The maximum Gasteiger partial charge on any atom is 0.475 e. The minimum absolute atomic E-state index is 0.0379. The number of rotatable bonds is 12. The highest BCUT2D eigenvalue weighted by Gasteiger charge is 2.45. The minimum atomic E-state index is -4.00. The number of aryl methyl sites for hydroxylation is 1. The zero-order valence-corrected chi connectivity index (χ0v) is 22.8. The number of nitrogens with one attached hydrogen (secondary N) is 1. The fourth-order valence-electron chi connectivity index (χ4n) is 2.99. The number of hydrogen-bond donors (Lipinski definition) is 1. The van der Waals surface area contributed by atoms with Crippen LogP contribution in [0.25, 0.3) is 0 Å². The number of hydrogen-bond acceptors (Lipinski definition) is 8. The topological polar surface area (TPSA) is 118 Å². The van der Waals surface area contributed by atoms with Gasteiger partial charge < -0.3 is 9.16 Å². The molecule has 0 saturated carbocycles. The van der Waals surface area contributed by atoms with Crippen molar-refractivity contribution in [3.63, 3.8) is 0 Å². The summed E-state index contributed by atoms with van der Waals surface area (Å²) >= 11 is 0. The molecule has 1 aliphatic rings. The van der Waals surface area contributed by atoms with Crippen LogP contribution in [0, 0.1) is 6.92 Å². The third kappa shape index (κ3) is 7.21. The average molecular weight is 517 g/mol. The fourth-order valence-corrected chi connectivity index (χ4v) is 5.33. The van der Waals surface area contributed by atoms with Gasteiger partial charge in [0.2, 0.25) is 0 Å². The maximum absolute atomic E-state index is 13.2. The lowest BCUT2D eigenvalue weighted by Gasteiger charge is -2.37. The Morgan fingerprint density at radius 3 is 2.35 bits per heavy atom. The summed E-state index contributed by atoms with van der Waals surface area (Å²) in [6.07, 6.45) is 2.26. The van der Waals surface area contributed by atoms with E-state index in [4.69, 9.17) is 22.7 Å². The summed E-state index contributed by atoms with van der Waals surface area (Å²) in [4.78, 5) is 26.5. The van der Waals surface area contributed by atoms with E-state index in [1.807, 2.05) is 0 Å². The van der Waals surface area contributed by atoms with Crippen molar-refractivity contribution in [2.24, 2.45) is 0 Å². The zero-order chi connectivity index (χ0) is 25.7. The first kappa shape index (κ1) is 28.6. The molecule has 12 heteroatoms. The second-order valence-electron chi connectivity index (χ2n) is 9.67. The average Bonchev–Trinajstić information content (AvgIpc) is 3.13. The van der Waals surface area contributed by atoms with Crippen LogP contribution in [0.1, 0.15) is 39.0 Å². The number of ether oxygens (including phenoxy) is 1. The Kier molecular flexibility index (Phi) is 9.63. The Hall–Kier alpha value is -1.59. The van der Waals surface area contributed by atoms with Crippen LogP contribution >= 0.6 is 7.82 Å². The first-order valence-electron chi connectivity index (χ1n) is 11.1. The Morgan fingerprint density at radius 2 is 1.82 bits per heavy atom. The van der Waals surface area contributed by atoms with Crippen LogP contribution in [0.5, 0.6) is 0 Å². The number of H-pyrrole nitrogens is 1. The predicted molar refractivity (Wildman–Crippen MR) is 133 cm³/mol. The van der Waals surface area contributed by atoms with Crippen LogP contribution in [0.15, 0.2) is 41.1 Å². The summed E-state index contributed by atoms with van der Waals surface area (Å²) in [5.74, 6) is 0. The lowest BCUT2D eigenvalue weighted by molar-refractivity contribution is -0.0446. The fraction of sp³-hybridized carbons (Fsp3) is 0.636. The first-order chi connectivity index (χ1) is 15.7. The summed E-state index contributed by atoms with van der Waals surface area (Å²) in [6.45, 7) is 19.4. The van der Waals surface area contributed by atoms with Gasteiger partial charge in [-0.1, -0.05) is 32.9 Å². The Morgan fingerprint density at radius 1 is 1.24 bits per heavy atom. The van der Waals surface area contributed by atoms with Gasteiger partial charge in [-0.05, 0) is 25.1 Å². The molecule has 1 aromatic rings. The highest BCUT2D eigenvalue weighted by molar-refractivity contribution is 7.48. The Balaban J connectivity index is 2.34. The van der Waals surface area contributed by atoms with Gasteiger partial charge in [-0.25, -0.2) is 9.36 Å². The minimum Gasteiger partial charge on any atom is -0.414 e. The molecule has 1 N–H and O–H groups in total. The summed E-state index contributed by atoms with van der Waals surface area (Å²) in [7, 11) is -6.14. The molecule has 1 aliphatic heterocycles. The number of nitrogens with zero attached hydrogens (tertiary/aromatic N) is 1. The van der Waals surface area contributed by atoms with E-state index in [9.17, 15) is 14.2 Å². The molecule has 0 unspecified atom stereocenters. The van der Waals surface area contributed by atoms with Crippen molar-refractivity contribution in [2.45, 2.75) is 70.7 Å². The molecular formula is C22H37N2O8PSi. The van der Waals surface area contributed by atoms with E-state index in [0.717, 1.165) is 0 Å². The molecule has 0 aromatic carbocycles. The van der Waals surface area contributed by atoms with Crippen LogP contribution in [-0.4, -0.2) is 49.9 Å². The van der Waals surface area contributed by atoms with Gasteiger partial charge in [-0.3, -0.25) is 27.9 Å². The van der Waals surface area contributed by atoms with Crippen molar-refractivity contribution in [2.75, 3.05) is 19.8 Å². The number of phosphoric ester groups is 1. The second-order valence-corrected chi connectivity index (χ2v) is 16.1. The highest BCUT2D eigenvalue weighted by atomic mass is 31.2. The maximum atomic E-state index is 13.2. The molecule has 2 rings (SSSR count). The molecule has 0 radical (unpaired) electrons. The van der Waals surface area contributed by atoms with E-state index in [1.165, 1.54) is 22.9 Å². The van der Waals surface area contributed by atoms with Crippen molar-refractivity contribution >= 4 is 16.1 Å². The van der Waals surface area contributed by atoms with Crippen molar-refractivity contribution in [3.8, 4) is 0 Å². The standard InChI is InChI=1S/C22H37N2O8PSi/c1-9-11-28-33(27,29-12-10-2)32-17-13-19(24-14-16(3)20(25)23-21(24)26)31-18(17)15-30-34(7,8)22(4,5)6/h9-10,14,17-19H,1-2,11-13,15H2,3-8H3,(H,23,25,26)/t17-,18+,19+/m0/s1. The molecule has 0 aliphatic carbocycles. The van der Waals surface area contributed by atoms with Gasteiger partial charge >= 0.3 is 13.5 Å². The van der Waals surface area contributed by atoms with Crippen molar-refractivity contribution in [3.05, 3.63) is 57.9 Å². The van der Waals surface area contributed by atoms with E-state index in [0.29, 0.717) is 5.56 Å². The van der Waals surface area contributed by atoms with E-state index in [2.05, 4.69) is 52.0 Å². The summed E-state index contributed by atoms with van der Waals surface area (Å²) in [6, 6.07) is 0. The van der Waals surface area contributed by atoms with Gasteiger partial charge in [0.1, 0.15) is 18.4 Å². The van der Waals surface area contributed by atoms with E-state index in [1.54, 1.807) is 6.92 Å². The van der Waals surface area contributed by atoms with Gasteiger partial charge in [0.25, 0.3) is 5.56 Å². The molecular weight excluding hydrogens is 479 g/mol. The third-order valence-electron chi connectivity index (χ3n) is 6.02. The normalized spacial score (nSPS) is 21.5. The SMILES string of the molecule is C=CCOP(=O)(OCC=C)O[C@H]1C[C@H](n2cc(C)c(=O)[nH]c2=O)O[C@@H]1CO[Si](C)(C)C(C)(C)C. The van der Waals surface area contributed by atoms with Crippen LogP contribution in [0.3, 0.4) is 0 Å². The molecule has 3 atom stereocenters. The number of aromatic amines is 1. The molecule has 1 aromatic heterocycles. The molecule has 34 heavy (non-hydrogen) atoms. The van der Waals surface area contributed by atoms with Crippen LogP contribution < -0.4 is 11.2 Å². The van der Waals surface area contributed by atoms with Crippen LogP contribution in [0.2, 0.25) is 18.1 Å². The van der Waals surface area contributed by atoms with Crippen LogP contribution in [-0.2, 0) is 27.3 Å². The van der Waals surface area contributed by atoms with Gasteiger partial charge in [-0.15, -0.1) is 13.2 Å². The van der Waals surface area contributed by atoms with Crippen LogP contribution in [0.4, 0.5) is 0 Å². The van der Waals surface area contributed by atoms with Gasteiger partial charge in [-0.2, -0.15) is 0 Å². The molecule has 0 spiro atoms. The molecule has 10 nitrogen and oxygen atoms in total. The third-order valence-corrected chi connectivity index (χ3v) is 12.0. The molecule has 1 saturated heterocycles. The van der Waals surface area contributed by atoms with E-state index in [-0.39, 0.29) is 31.3 Å². The van der Waals surface area contributed by atoms with Gasteiger partial charge in [0.15, 0.2) is 8.32 Å². The number of phosphoric acid groups is 1. The molecule has 192 valence electrons. The van der Waals surface area contributed by atoms with Gasteiger partial charge in [0.05, 0.1) is 19.8 Å². The predicted octanol–water partition coefficient (Wildman–Crippen LogP) is 4.05.